The van der Waals surface area contributed by atoms with Crippen molar-refractivity contribution in [2.45, 2.75) is 25.8 Å². The summed E-state index contributed by atoms with van der Waals surface area (Å²) in [4.78, 5) is 6.66. The lowest BCUT2D eigenvalue weighted by molar-refractivity contribution is -0.137. The maximum atomic E-state index is 13.4. The van der Waals surface area contributed by atoms with Crippen LogP contribution in [0.15, 0.2) is 134 Å². The zero-order valence-corrected chi connectivity index (χ0v) is 22.2. The van der Waals surface area contributed by atoms with Crippen LogP contribution in [0.3, 0.4) is 0 Å². The van der Waals surface area contributed by atoms with Crippen LogP contribution in [0, 0.1) is 0 Å². The highest BCUT2D eigenvalue weighted by Crippen LogP contribution is 2.35. The summed E-state index contributed by atoms with van der Waals surface area (Å²) < 4.78 is 40.3. The molecule has 0 fully saturated rings. The molecule has 0 N–H and O–H groups in total. The third kappa shape index (κ3) is 7.00. The minimum atomic E-state index is -4.38. The molecule has 1 aromatic heterocycles. The molecule has 1 heterocycles. The van der Waals surface area contributed by atoms with E-state index in [0.29, 0.717) is 25.2 Å². The Kier molecular flexibility index (Phi) is 8.51. The maximum Gasteiger partial charge on any atom is 0.416 e. The molecular weight excluding hydrogens is 512 g/mol. The lowest BCUT2D eigenvalue weighted by Crippen LogP contribution is -2.29. The Bertz CT molecular complexity index is 1440. The zero-order chi connectivity index (χ0) is 27.1. The standard InChI is InChI=1S/C33H28F3N2P/c34-33(35,36)28-14-11-12-26(22-28)23-38(25-29-15-9-10-21-37-29)24-27-13-7-8-20-32(27)39(30-16-3-1-4-17-30)31-18-5-2-6-19-31/h1-22H,23-25H2. The van der Waals surface area contributed by atoms with Crippen molar-refractivity contribution in [3.8, 4) is 0 Å². The highest BCUT2D eigenvalue weighted by atomic mass is 31.1. The number of hydrogen-bond donors (Lipinski definition) is 0. The van der Waals surface area contributed by atoms with E-state index in [1.54, 1.807) is 12.3 Å². The van der Waals surface area contributed by atoms with Crippen molar-refractivity contribution in [3.63, 3.8) is 0 Å². The van der Waals surface area contributed by atoms with Gasteiger partial charge in [0.25, 0.3) is 0 Å². The van der Waals surface area contributed by atoms with Crippen molar-refractivity contribution in [3.05, 3.63) is 156 Å². The summed E-state index contributed by atoms with van der Waals surface area (Å²) in [5.41, 5.74) is 2.01. The van der Waals surface area contributed by atoms with Crippen molar-refractivity contribution in [2.24, 2.45) is 0 Å². The lowest BCUT2D eigenvalue weighted by Gasteiger charge is -2.27. The van der Waals surface area contributed by atoms with Gasteiger partial charge in [-0.3, -0.25) is 9.88 Å². The first kappa shape index (κ1) is 26.8. The van der Waals surface area contributed by atoms with Crippen LogP contribution in [0.5, 0.6) is 0 Å². The van der Waals surface area contributed by atoms with Gasteiger partial charge in [0, 0.05) is 25.8 Å². The minimum absolute atomic E-state index is 0.365. The number of halogens is 3. The largest absolute Gasteiger partial charge is 0.416 e. The van der Waals surface area contributed by atoms with E-state index in [2.05, 4.69) is 76.6 Å². The van der Waals surface area contributed by atoms with Crippen LogP contribution < -0.4 is 15.9 Å². The first-order chi connectivity index (χ1) is 19.0. The second-order valence-corrected chi connectivity index (χ2v) is 11.5. The van der Waals surface area contributed by atoms with Gasteiger partial charge in [-0.1, -0.05) is 109 Å². The highest BCUT2D eigenvalue weighted by molar-refractivity contribution is 7.79. The van der Waals surface area contributed by atoms with Crippen molar-refractivity contribution in [1.82, 2.24) is 9.88 Å². The molecule has 0 radical (unpaired) electrons. The normalized spacial score (nSPS) is 11.7. The van der Waals surface area contributed by atoms with E-state index in [1.807, 2.05) is 36.4 Å². The van der Waals surface area contributed by atoms with Gasteiger partial charge in [-0.25, -0.2) is 0 Å². The molecular formula is C33H28F3N2P. The molecule has 0 spiro atoms. The van der Waals surface area contributed by atoms with Gasteiger partial charge in [0.1, 0.15) is 0 Å². The predicted molar refractivity (Wildman–Crippen MR) is 154 cm³/mol. The van der Waals surface area contributed by atoms with Gasteiger partial charge < -0.3 is 0 Å². The van der Waals surface area contributed by atoms with E-state index >= 15 is 0 Å². The second-order valence-electron chi connectivity index (χ2n) is 9.30. The van der Waals surface area contributed by atoms with Crippen molar-refractivity contribution in [2.75, 3.05) is 0 Å². The molecule has 0 saturated carbocycles. The topological polar surface area (TPSA) is 16.1 Å². The second kappa shape index (κ2) is 12.4. The molecule has 196 valence electrons. The summed E-state index contributed by atoms with van der Waals surface area (Å²) in [7, 11) is -0.828. The summed E-state index contributed by atoms with van der Waals surface area (Å²) in [6.45, 7) is 1.45. The number of alkyl halides is 3. The number of hydrogen-bond acceptors (Lipinski definition) is 2. The van der Waals surface area contributed by atoms with Gasteiger partial charge in [-0.15, -0.1) is 0 Å². The Morgan fingerprint density at radius 3 is 1.90 bits per heavy atom. The third-order valence-electron chi connectivity index (χ3n) is 6.43. The van der Waals surface area contributed by atoms with Crippen LogP contribution in [0.4, 0.5) is 13.2 Å². The quantitative estimate of drug-likeness (QED) is 0.186. The molecule has 0 aliphatic heterocycles. The molecule has 0 bridgehead atoms. The summed E-state index contributed by atoms with van der Waals surface area (Å²) in [5, 5.41) is 3.74. The SMILES string of the molecule is FC(F)(F)c1cccc(CN(Cc2ccccn2)Cc2ccccc2P(c2ccccc2)c2ccccc2)c1. The Labute approximate surface area is 228 Å². The monoisotopic (exact) mass is 540 g/mol. The first-order valence-corrected chi connectivity index (χ1v) is 14.1. The summed E-state index contributed by atoms with van der Waals surface area (Å²) in [6.07, 6.45) is -2.63. The first-order valence-electron chi connectivity index (χ1n) is 12.7. The van der Waals surface area contributed by atoms with Crippen LogP contribution >= 0.6 is 7.92 Å². The lowest BCUT2D eigenvalue weighted by atomic mass is 10.1. The fourth-order valence-corrected chi connectivity index (χ4v) is 7.14. The maximum absolute atomic E-state index is 13.4. The van der Waals surface area contributed by atoms with E-state index in [4.69, 9.17) is 0 Å². The van der Waals surface area contributed by atoms with Gasteiger partial charge in [-0.2, -0.15) is 13.2 Å². The van der Waals surface area contributed by atoms with E-state index < -0.39 is 19.7 Å². The number of benzene rings is 4. The average molecular weight is 541 g/mol. The van der Waals surface area contributed by atoms with Gasteiger partial charge in [0.2, 0.25) is 0 Å². The van der Waals surface area contributed by atoms with Crippen LogP contribution in [0.25, 0.3) is 0 Å². The molecule has 5 rings (SSSR count). The summed E-state index contributed by atoms with van der Waals surface area (Å²) in [5.74, 6) is 0. The fourth-order valence-electron chi connectivity index (χ4n) is 4.68. The molecule has 0 aliphatic rings. The van der Waals surface area contributed by atoms with Gasteiger partial charge >= 0.3 is 6.18 Å². The van der Waals surface area contributed by atoms with Crippen LogP contribution in [0.2, 0.25) is 0 Å². The number of pyridine rings is 1. The summed E-state index contributed by atoms with van der Waals surface area (Å²) in [6, 6.07) is 40.8. The number of nitrogens with zero attached hydrogens (tertiary/aromatic N) is 2. The van der Waals surface area contributed by atoms with E-state index in [-0.39, 0.29) is 0 Å². The molecule has 4 aromatic carbocycles. The molecule has 6 heteroatoms. The zero-order valence-electron chi connectivity index (χ0n) is 21.3. The molecule has 0 amide bonds. The fraction of sp³-hybridized carbons (Fsp3) is 0.121. The molecule has 39 heavy (non-hydrogen) atoms. The average Bonchev–Trinajstić information content (AvgIpc) is 2.95. The van der Waals surface area contributed by atoms with Crippen molar-refractivity contribution in [1.29, 1.82) is 0 Å². The van der Waals surface area contributed by atoms with Gasteiger partial charge in [0.05, 0.1) is 11.3 Å². The molecule has 2 nitrogen and oxygen atoms in total. The highest BCUT2D eigenvalue weighted by Gasteiger charge is 2.30. The molecule has 5 aromatic rings. The van der Waals surface area contributed by atoms with E-state index in [0.717, 1.165) is 17.3 Å². The van der Waals surface area contributed by atoms with Gasteiger partial charge in [0.15, 0.2) is 0 Å². The number of aromatic nitrogens is 1. The van der Waals surface area contributed by atoms with Crippen LogP contribution in [0.1, 0.15) is 22.4 Å². The predicted octanol–water partition coefficient (Wildman–Crippen LogP) is 7.06. The molecule has 0 unspecified atom stereocenters. The molecule has 0 atom stereocenters. The molecule has 0 saturated heterocycles. The number of rotatable bonds is 9. The third-order valence-corrected chi connectivity index (χ3v) is 8.97. The van der Waals surface area contributed by atoms with Gasteiger partial charge in [-0.05, 0) is 53.2 Å². The Balaban J connectivity index is 1.52. The minimum Gasteiger partial charge on any atom is -0.289 e. The molecule has 0 aliphatic carbocycles. The van der Waals surface area contributed by atoms with E-state index in [1.165, 1.54) is 28.0 Å². The van der Waals surface area contributed by atoms with E-state index in [9.17, 15) is 13.2 Å². The smallest absolute Gasteiger partial charge is 0.289 e. The Hall–Kier alpha value is -3.79. The van der Waals surface area contributed by atoms with Crippen molar-refractivity contribution >= 4 is 23.8 Å². The van der Waals surface area contributed by atoms with Crippen LogP contribution in [-0.4, -0.2) is 9.88 Å². The van der Waals surface area contributed by atoms with Crippen molar-refractivity contribution < 1.29 is 13.2 Å². The Morgan fingerprint density at radius 2 is 1.26 bits per heavy atom. The summed E-state index contributed by atoms with van der Waals surface area (Å²) >= 11 is 0. The Morgan fingerprint density at radius 1 is 0.615 bits per heavy atom. The van der Waals surface area contributed by atoms with Crippen LogP contribution in [-0.2, 0) is 25.8 Å².